The summed E-state index contributed by atoms with van der Waals surface area (Å²) >= 11 is 5.91. The zero-order valence-electron chi connectivity index (χ0n) is 17.1. The topological polar surface area (TPSA) is 75.7 Å². The molecule has 2 atom stereocenters. The van der Waals surface area contributed by atoms with E-state index in [1.54, 1.807) is 31.2 Å². The second kappa shape index (κ2) is 9.98. The average Bonchev–Trinajstić information content (AvgIpc) is 2.65. The van der Waals surface area contributed by atoms with E-state index in [0.717, 1.165) is 21.9 Å². The Hall–Kier alpha value is -2.25. The largest absolute Gasteiger partial charge is 0.491 e. The standard InChI is InChI=1S/C21H27ClN2O4S/c1-5-19(24(29(4,26)27)18-12-10-17(22)11-13-18)21(25)23-16(3)14-28-20-9-7-6-8-15(20)2/h6-13,16,19H,5,14H2,1-4H3,(H,23,25)/t16-,19-/m0/s1. The lowest BCUT2D eigenvalue weighted by atomic mass is 10.1. The van der Waals surface area contributed by atoms with Crippen molar-refractivity contribution in [1.29, 1.82) is 0 Å². The van der Waals surface area contributed by atoms with E-state index >= 15 is 0 Å². The second-order valence-corrected chi connectivity index (χ2v) is 9.24. The van der Waals surface area contributed by atoms with Gasteiger partial charge in [-0.2, -0.15) is 0 Å². The molecule has 29 heavy (non-hydrogen) atoms. The average molecular weight is 439 g/mol. The van der Waals surface area contributed by atoms with E-state index in [4.69, 9.17) is 16.3 Å². The summed E-state index contributed by atoms with van der Waals surface area (Å²) in [5.74, 6) is 0.369. The minimum atomic E-state index is -3.69. The van der Waals surface area contributed by atoms with Crippen LogP contribution in [0.5, 0.6) is 5.75 Å². The number of rotatable bonds is 9. The Balaban J connectivity index is 2.12. The van der Waals surface area contributed by atoms with E-state index in [1.807, 2.05) is 38.1 Å². The number of ether oxygens (including phenoxy) is 1. The van der Waals surface area contributed by atoms with E-state index in [-0.39, 0.29) is 18.6 Å². The Labute approximate surface area is 177 Å². The van der Waals surface area contributed by atoms with Gasteiger partial charge >= 0.3 is 0 Å². The molecule has 0 fully saturated rings. The number of carbonyl (C=O) groups excluding carboxylic acids is 1. The number of benzene rings is 2. The summed E-state index contributed by atoms with van der Waals surface area (Å²) in [5, 5.41) is 3.35. The molecule has 0 saturated carbocycles. The molecule has 2 rings (SSSR count). The van der Waals surface area contributed by atoms with Crippen molar-refractivity contribution in [2.24, 2.45) is 0 Å². The number of anilines is 1. The number of carbonyl (C=O) groups is 1. The number of nitrogens with one attached hydrogen (secondary N) is 1. The number of halogens is 1. The Kier molecular flexibility index (Phi) is 7.93. The smallest absolute Gasteiger partial charge is 0.244 e. The van der Waals surface area contributed by atoms with Crippen molar-refractivity contribution in [2.45, 2.75) is 39.3 Å². The molecule has 0 aliphatic carbocycles. The third-order valence-corrected chi connectivity index (χ3v) is 5.81. The summed E-state index contributed by atoms with van der Waals surface area (Å²) in [4.78, 5) is 12.9. The highest BCUT2D eigenvalue weighted by atomic mass is 35.5. The highest BCUT2D eigenvalue weighted by Crippen LogP contribution is 2.24. The fourth-order valence-corrected chi connectivity index (χ4v) is 4.30. The molecule has 0 aromatic heterocycles. The molecule has 0 heterocycles. The first-order chi connectivity index (χ1) is 13.6. The van der Waals surface area contributed by atoms with E-state index in [0.29, 0.717) is 17.1 Å². The van der Waals surface area contributed by atoms with Crippen LogP contribution in [0.15, 0.2) is 48.5 Å². The maximum absolute atomic E-state index is 12.9. The summed E-state index contributed by atoms with van der Waals surface area (Å²) < 4.78 is 31.8. The van der Waals surface area contributed by atoms with Crippen LogP contribution in [0.4, 0.5) is 5.69 Å². The minimum absolute atomic E-state index is 0.271. The van der Waals surface area contributed by atoms with Crippen molar-refractivity contribution in [3.8, 4) is 5.75 Å². The maximum Gasteiger partial charge on any atom is 0.244 e. The molecule has 1 amide bonds. The summed E-state index contributed by atoms with van der Waals surface area (Å²) in [6, 6.07) is 12.8. The van der Waals surface area contributed by atoms with Gasteiger partial charge in [-0.25, -0.2) is 8.42 Å². The van der Waals surface area contributed by atoms with Gasteiger partial charge in [0.1, 0.15) is 18.4 Å². The first-order valence-electron chi connectivity index (χ1n) is 9.37. The van der Waals surface area contributed by atoms with Crippen LogP contribution in [0.1, 0.15) is 25.8 Å². The van der Waals surface area contributed by atoms with E-state index in [2.05, 4.69) is 5.32 Å². The van der Waals surface area contributed by atoms with Crippen molar-refractivity contribution >= 4 is 33.2 Å². The Morgan fingerprint density at radius 1 is 1.17 bits per heavy atom. The van der Waals surface area contributed by atoms with Crippen molar-refractivity contribution in [1.82, 2.24) is 5.32 Å². The molecule has 0 saturated heterocycles. The van der Waals surface area contributed by atoms with Gasteiger partial charge in [-0.05, 0) is 56.2 Å². The molecule has 1 N–H and O–H groups in total. The van der Waals surface area contributed by atoms with Gasteiger partial charge in [-0.3, -0.25) is 9.10 Å². The minimum Gasteiger partial charge on any atom is -0.491 e. The number of nitrogens with zero attached hydrogens (tertiary/aromatic N) is 1. The zero-order valence-corrected chi connectivity index (χ0v) is 18.6. The zero-order chi connectivity index (χ0) is 21.6. The first kappa shape index (κ1) is 23.0. The summed E-state index contributed by atoms with van der Waals surface area (Å²) in [6.07, 6.45) is 1.40. The number of para-hydroxylation sites is 1. The molecule has 158 valence electrons. The molecule has 0 aliphatic rings. The molecular weight excluding hydrogens is 412 g/mol. The number of sulfonamides is 1. The van der Waals surface area contributed by atoms with Gasteiger partial charge in [0, 0.05) is 5.02 Å². The lowest BCUT2D eigenvalue weighted by molar-refractivity contribution is -0.123. The molecule has 6 nitrogen and oxygen atoms in total. The van der Waals surface area contributed by atoms with Crippen LogP contribution in [-0.4, -0.2) is 39.3 Å². The Morgan fingerprint density at radius 3 is 2.34 bits per heavy atom. The van der Waals surface area contributed by atoms with Crippen molar-refractivity contribution in [2.75, 3.05) is 17.2 Å². The summed E-state index contributed by atoms with van der Waals surface area (Å²) in [6.45, 7) is 5.80. The molecule has 0 unspecified atom stereocenters. The monoisotopic (exact) mass is 438 g/mol. The van der Waals surface area contributed by atoms with Crippen LogP contribution in [0.25, 0.3) is 0 Å². The fourth-order valence-electron chi connectivity index (χ4n) is 2.96. The van der Waals surface area contributed by atoms with E-state index in [9.17, 15) is 13.2 Å². The summed E-state index contributed by atoms with van der Waals surface area (Å²) in [7, 11) is -3.69. The van der Waals surface area contributed by atoms with Crippen LogP contribution < -0.4 is 14.4 Å². The first-order valence-corrected chi connectivity index (χ1v) is 11.6. The van der Waals surface area contributed by atoms with Gasteiger partial charge in [-0.15, -0.1) is 0 Å². The Bertz CT molecular complexity index is 932. The molecule has 2 aromatic carbocycles. The molecule has 0 radical (unpaired) electrons. The molecule has 0 aliphatic heterocycles. The lowest BCUT2D eigenvalue weighted by Crippen LogP contribution is -2.52. The number of aryl methyl sites for hydroxylation is 1. The second-order valence-electron chi connectivity index (χ2n) is 6.95. The lowest BCUT2D eigenvalue weighted by Gasteiger charge is -2.31. The normalized spacial score (nSPS) is 13.4. The maximum atomic E-state index is 12.9. The number of hydrogen-bond donors (Lipinski definition) is 1. The van der Waals surface area contributed by atoms with Crippen molar-refractivity contribution < 1.29 is 17.9 Å². The number of amides is 1. The van der Waals surface area contributed by atoms with Crippen molar-refractivity contribution in [3.05, 3.63) is 59.1 Å². The third-order valence-electron chi connectivity index (χ3n) is 4.38. The van der Waals surface area contributed by atoms with Gasteiger partial charge in [0.25, 0.3) is 0 Å². The molecule has 2 aromatic rings. The van der Waals surface area contributed by atoms with E-state index < -0.39 is 16.1 Å². The molecule has 0 bridgehead atoms. The molecular formula is C21H27ClN2O4S. The van der Waals surface area contributed by atoms with Gasteiger partial charge in [0.2, 0.25) is 15.9 Å². The van der Waals surface area contributed by atoms with Gasteiger partial charge in [0.15, 0.2) is 0 Å². The van der Waals surface area contributed by atoms with Crippen LogP contribution in [0.3, 0.4) is 0 Å². The SMILES string of the molecule is CC[C@@H](C(=O)N[C@@H](C)COc1ccccc1C)N(c1ccc(Cl)cc1)S(C)(=O)=O. The van der Waals surface area contributed by atoms with Crippen LogP contribution in [0.2, 0.25) is 5.02 Å². The highest BCUT2D eigenvalue weighted by molar-refractivity contribution is 7.92. The van der Waals surface area contributed by atoms with Gasteiger partial charge in [0.05, 0.1) is 18.0 Å². The van der Waals surface area contributed by atoms with Gasteiger partial charge < -0.3 is 10.1 Å². The summed E-state index contributed by atoms with van der Waals surface area (Å²) in [5.41, 5.74) is 1.39. The van der Waals surface area contributed by atoms with Crippen LogP contribution in [0, 0.1) is 6.92 Å². The van der Waals surface area contributed by atoms with Crippen LogP contribution in [-0.2, 0) is 14.8 Å². The Morgan fingerprint density at radius 2 is 1.79 bits per heavy atom. The predicted octanol–water partition coefficient (Wildman–Crippen LogP) is 3.78. The van der Waals surface area contributed by atoms with Crippen LogP contribution >= 0.6 is 11.6 Å². The third kappa shape index (κ3) is 6.37. The van der Waals surface area contributed by atoms with Gasteiger partial charge in [-0.1, -0.05) is 36.7 Å². The fraction of sp³-hybridized carbons (Fsp3) is 0.381. The molecule has 0 spiro atoms. The van der Waals surface area contributed by atoms with E-state index in [1.165, 1.54) is 0 Å². The predicted molar refractivity (Wildman–Crippen MR) is 117 cm³/mol. The molecule has 8 heteroatoms. The van der Waals surface area contributed by atoms with Crippen molar-refractivity contribution in [3.63, 3.8) is 0 Å². The highest BCUT2D eigenvalue weighted by Gasteiger charge is 2.32. The number of hydrogen-bond acceptors (Lipinski definition) is 4. The quantitative estimate of drug-likeness (QED) is 0.646.